The standard InChI is InChI=1S/C10H10F2O3S/c1-6(10(13)14)16(15)5-7-2-8(11)4-9(12)3-7/h2-4,6H,5H2,1H3,(H,13,14). The van der Waals surface area contributed by atoms with Crippen molar-refractivity contribution in [3.63, 3.8) is 0 Å². The number of hydrogen-bond donors (Lipinski definition) is 1. The van der Waals surface area contributed by atoms with Crippen molar-refractivity contribution < 1.29 is 22.9 Å². The lowest BCUT2D eigenvalue weighted by molar-refractivity contribution is -0.136. The summed E-state index contributed by atoms with van der Waals surface area (Å²) in [5.74, 6) is -2.91. The zero-order valence-electron chi connectivity index (χ0n) is 8.44. The van der Waals surface area contributed by atoms with Crippen molar-refractivity contribution in [3.8, 4) is 0 Å². The molecule has 0 amide bonds. The van der Waals surface area contributed by atoms with E-state index in [1.165, 1.54) is 6.92 Å². The second-order valence-corrected chi connectivity index (χ2v) is 5.04. The maximum Gasteiger partial charge on any atom is 0.318 e. The van der Waals surface area contributed by atoms with Crippen molar-refractivity contribution in [2.45, 2.75) is 17.9 Å². The maximum atomic E-state index is 12.8. The quantitative estimate of drug-likeness (QED) is 0.882. The number of carbonyl (C=O) groups is 1. The predicted octanol–water partition coefficient (Wildman–Crippen LogP) is 1.69. The molecule has 0 saturated heterocycles. The van der Waals surface area contributed by atoms with Gasteiger partial charge in [-0.3, -0.25) is 9.00 Å². The molecule has 0 aromatic heterocycles. The van der Waals surface area contributed by atoms with Gasteiger partial charge in [-0.25, -0.2) is 8.78 Å². The summed E-state index contributed by atoms with van der Waals surface area (Å²) in [6, 6.07) is 2.78. The van der Waals surface area contributed by atoms with E-state index >= 15 is 0 Å². The number of aliphatic carboxylic acids is 1. The highest BCUT2D eigenvalue weighted by molar-refractivity contribution is 7.85. The fraction of sp³-hybridized carbons (Fsp3) is 0.300. The molecule has 0 saturated carbocycles. The molecule has 3 nitrogen and oxygen atoms in total. The van der Waals surface area contributed by atoms with Crippen molar-refractivity contribution in [3.05, 3.63) is 35.4 Å². The van der Waals surface area contributed by atoms with Crippen LogP contribution in [0.1, 0.15) is 12.5 Å². The average Bonchev–Trinajstić information content (AvgIpc) is 2.14. The van der Waals surface area contributed by atoms with E-state index in [9.17, 15) is 17.8 Å². The highest BCUT2D eigenvalue weighted by atomic mass is 32.2. The first kappa shape index (κ1) is 12.8. The topological polar surface area (TPSA) is 54.4 Å². The first-order chi connectivity index (χ1) is 7.40. The van der Waals surface area contributed by atoms with Gasteiger partial charge in [-0.05, 0) is 24.6 Å². The Hall–Kier alpha value is -1.30. The SMILES string of the molecule is CC(C(=O)O)S(=O)Cc1cc(F)cc(F)c1. The fourth-order valence-electron chi connectivity index (χ4n) is 1.10. The summed E-state index contributed by atoms with van der Waals surface area (Å²) in [5, 5.41) is 7.53. The molecule has 1 N–H and O–H groups in total. The van der Waals surface area contributed by atoms with Crippen LogP contribution >= 0.6 is 0 Å². The number of carboxylic acids is 1. The van der Waals surface area contributed by atoms with Crippen LogP contribution in [0.4, 0.5) is 8.78 Å². The second-order valence-electron chi connectivity index (χ2n) is 3.28. The summed E-state index contributed by atoms with van der Waals surface area (Å²) in [6.07, 6.45) is 0. The number of benzene rings is 1. The van der Waals surface area contributed by atoms with Gasteiger partial charge in [0, 0.05) is 22.6 Å². The zero-order chi connectivity index (χ0) is 12.3. The van der Waals surface area contributed by atoms with Gasteiger partial charge in [-0.15, -0.1) is 0 Å². The van der Waals surface area contributed by atoms with Gasteiger partial charge in [0.15, 0.2) is 0 Å². The van der Waals surface area contributed by atoms with Crippen molar-refractivity contribution in [1.29, 1.82) is 0 Å². The molecule has 1 aromatic rings. The molecule has 2 unspecified atom stereocenters. The van der Waals surface area contributed by atoms with Crippen molar-refractivity contribution in [2.24, 2.45) is 0 Å². The van der Waals surface area contributed by atoms with E-state index in [1.54, 1.807) is 0 Å². The maximum absolute atomic E-state index is 12.8. The molecule has 0 bridgehead atoms. The molecule has 1 rings (SSSR count). The van der Waals surface area contributed by atoms with Gasteiger partial charge in [-0.1, -0.05) is 0 Å². The normalized spacial score (nSPS) is 14.4. The summed E-state index contributed by atoms with van der Waals surface area (Å²) < 4.78 is 37.0. The molecule has 0 fully saturated rings. The molecule has 2 atom stereocenters. The molecule has 16 heavy (non-hydrogen) atoms. The molecular weight excluding hydrogens is 238 g/mol. The van der Waals surface area contributed by atoms with E-state index in [1.807, 2.05) is 0 Å². The molecule has 88 valence electrons. The molecule has 0 aliphatic rings. The van der Waals surface area contributed by atoms with Gasteiger partial charge >= 0.3 is 5.97 Å². The van der Waals surface area contributed by atoms with E-state index in [0.29, 0.717) is 6.07 Å². The number of carboxylic acid groups (broad SMARTS) is 1. The Morgan fingerprint density at radius 3 is 2.31 bits per heavy atom. The zero-order valence-corrected chi connectivity index (χ0v) is 9.26. The predicted molar refractivity (Wildman–Crippen MR) is 55.3 cm³/mol. The monoisotopic (exact) mass is 248 g/mol. The van der Waals surface area contributed by atoms with Crippen LogP contribution in [0, 0.1) is 11.6 Å². The van der Waals surface area contributed by atoms with Gasteiger partial charge in [0.2, 0.25) is 0 Å². The number of halogens is 2. The molecular formula is C10H10F2O3S. The lowest BCUT2D eigenvalue weighted by Crippen LogP contribution is -2.22. The van der Waals surface area contributed by atoms with Crippen LogP contribution < -0.4 is 0 Å². The molecule has 0 heterocycles. The third kappa shape index (κ3) is 3.37. The Kier molecular flexibility index (Phi) is 4.12. The smallest absolute Gasteiger partial charge is 0.318 e. The molecule has 0 aliphatic carbocycles. The van der Waals surface area contributed by atoms with E-state index in [2.05, 4.69) is 0 Å². The van der Waals surface area contributed by atoms with Crippen molar-refractivity contribution in [2.75, 3.05) is 0 Å². The van der Waals surface area contributed by atoms with Crippen LogP contribution in [0.2, 0.25) is 0 Å². The van der Waals surface area contributed by atoms with Crippen LogP contribution in [0.25, 0.3) is 0 Å². The minimum Gasteiger partial charge on any atom is -0.480 e. The summed E-state index contributed by atoms with van der Waals surface area (Å²) in [6.45, 7) is 1.29. The number of rotatable bonds is 4. The lowest BCUT2D eigenvalue weighted by atomic mass is 10.2. The highest BCUT2D eigenvalue weighted by Gasteiger charge is 2.19. The lowest BCUT2D eigenvalue weighted by Gasteiger charge is -2.06. The Morgan fingerprint density at radius 1 is 1.38 bits per heavy atom. The minimum atomic E-state index is -1.70. The van der Waals surface area contributed by atoms with Crippen LogP contribution in [0.5, 0.6) is 0 Å². The Labute approximate surface area is 93.6 Å². The molecule has 6 heteroatoms. The molecule has 0 spiro atoms. The molecule has 1 aromatic carbocycles. The minimum absolute atomic E-state index is 0.178. The van der Waals surface area contributed by atoms with Gasteiger partial charge in [-0.2, -0.15) is 0 Å². The third-order valence-corrected chi connectivity index (χ3v) is 3.58. The summed E-state index contributed by atoms with van der Waals surface area (Å²) in [5.41, 5.74) is 0.184. The fourth-order valence-corrected chi connectivity index (χ4v) is 2.07. The first-order valence-corrected chi connectivity index (χ1v) is 5.83. The summed E-state index contributed by atoms with van der Waals surface area (Å²) in [4.78, 5) is 10.5. The van der Waals surface area contributed by atoms with Gasteiger partial charge in [0.05, 0.1) is 0 Å². The summed E-state index contributed by atoms with van der Waals surface area (Å²) >= 11 is 0. The number of hydrogen-bond acceptors (Lipinski definition) is 2. The highest BCUT2D eigenvalue weighted by Crippen LogP contribution is 2.12. The van der Waals surface area contributed by atoms with E-state index in [-0.39, 0.29) is 11.3 Å². The molecule has 0 radical (unpaired) electrons. The van der Waals surface area contributed by atoms with E-state index in [0.717, 1.165) is 12.1 Å². The van der Waals surface area contributed by atoms with Crippen molar-refractivity contribution in [1.82, 2.24) is 0 Å². The third-order valence-electron chi connectivity index (χ3n) is 1.97. The van der Waals surface area contributed by atoms with E-state index < -0.39 is 33.7 Å². The van der Waals surface area contributed by atoms with Crippen molar-refractivity contribution >= 4 is 16.8 Å². The summed E-state index contributed by atoms with van der Waals surface area (Å²) in [7, 11) is -1.70. The van der Waals surface area contributed by atoms with Crippen LogP contribution in [-0.4, -0.2) is 20.5 Å². The van der Waals surface area contributed by atoms with Gasteiger partial charge in [0.25, 0.3) is 0 Å². The average molecular weight is 248 g/mol. The Morgan fingerprint density at radius 2 is 1.88 bits per heavy atom. The second kappa shape index (κ2) is 5.16. The van der Waals surface area contributed by atoms with Crippen LogP contribution in [0.3, 0.4) is 0 Å². The van der Waals surface area contributed by atoms with E-state index in [4.69, 9.17) is 5.11 Å². The van der Waals surface area contributed by atoms with Gasteiger partial charge < -0.3 is 5.11 Å². The van der Waals surface area contributed by atoms with Gasteiger partial charge in [0.1, 0.15) is 16.9 Å². The Bertz CT molecular complexity index is 414. The molecule has 0 aliphatic heterocycles. The first-order valence-electron chi connectivity index (χ1n) is 4.45. The Balaban J connectivity index is 2.81. The largest absolute Gasteiger partial charge is 0.480 e. The van der Waals surface area contributed by atoms with Crippen LogP contribution in [0.15, 0.2) is 18.2 Å². The van der Waals surface area contributed by atoms with Crippen LogP contribution in [-0.2, 0) is 21.3 Å².